The molecule has 0 bridgehead atoms. The number of hydrogen-bond acceptors (Lipinski definition) is 3. The summed E-state index contributed by atoms with van der Waals surface area (Å²) >= 11 is 9.13. The summed E-state index contributed by atoms with van der Waals surface area (Å²) < 4.78 is 2.51. The number of nitrogens with one attached hydrogen (secondary N) is 1. The van der Waals surface area contributed by atoms with Crippen LogP contribution < -0.4 is 5.32 Å². The molecule has 1 amide bonds. The fraction of sp³-hybridized carbons (Fsp3) is 0.286. The molecule has 0 aliphatic carbocycles. The first-order valence-electron chi connectivity index (χ1n) is 6.42. The van der Waals surface area contributed by atoms with Crippen LogP contribution in [0, 0.1) is 0 Å². The number of carbonyl (C=O) groups is 1. The van der Waals surface area contributed by atoms with E-state index >= 15 is 0 Å². The normalized spacial score (nSPS) is 12.1. The highest BCUT2D eigenvalue weighted by Gasteiger charge is 2.14. The highest BCUT2D eigenvalue weighted by molar-refractivity contribution is 9.10. The van der Waals surface area contributed by atoms with E-state index in [1.54, 1.807) is 10.9 Å². The predicted octanol–water partition coefficient (Wildman–Crippen LogP) is 2.54. The van der Waals surface area contributed by atoms with Crippen molar-refractivity contribution in [3.63, 3.8) is 0 Å². The largest absolute Gasteiger partial charge is 0.394 e. The van der Waals surface area contributed by atoms with Gasteiger partial charge in [-0.05, 0) is 17.7 Å². The van der Waals surface area contributed by atoms with Crippen molar-refractivity contribution in [2.24, 2.45) is 0 Å². The lowest BCUT2D eigenvalue weighted by atomic mass is 10.1. The van der Waals surface area contributed by atoms with Gasteiger partial charge < -0.3 is 10.4 Å². The van der Waals surface area contributed by atoms with Gasteiger partial charge >= 0.3 is 0 Å². The SMILES string of the molecule is O=C(CCn1cc(Cl)cn1)NC(CO)c1cccc(Br)c1. The summed E-state index contributed by atoms with van der Waals surface area (Å²) in [5.74, 6) is -0.152. The average Bonchev–Trinajstić information content (AvgIpc) is 2.88. The van der Waals surface area contributed by atoms with Crippen molar-refractivity contribution < 1.29 is 9.90 Å². The second kappa shape index (κ2) is 7.59. The average molecular weight is 373 g/mol. The molecule has 7 heteroatoms. The Morgan fingerprint density at radius 2 is 2.33 bits per heavy atom. The molecule has 0 saturated heterocycles. The van der Waals surface area contributed by atoms with E-state index in [0.29, 0.717) is 11.6 Å². The number of rotatable bonds is 6. The summed E-state index contributed by atoms with van der Waals surface area (Å²) in [6.45, 7) is 0.283. The summed E-state index contributed by atoms with van der Waals surface area (Å²) in [7, 11) is 0. The molecule has 5 nitrogen and oxygen atoms in total. The molecule has 0 saturated carbocycles. The zero-order valence-corrected chi connectivity index (χ0v) is 13.5. The Morgan fingerprint density at radius 3 is 2.95 bits per heavy atom. The van der Waals surface area contributed by atoms with Gasteiger partial charge in [0.2, 0.25) is 5.91 Å². The lowest BCUT2D eigenvalue weighted by Crippen LogP contribution is -2.31. The van der Waals surface area contributed by atoms with Crippen LogP contribution in [0.25, 0.3) is 0 Å². The van der Waals surface area contributed by atoms with Crippen LogP contribution >= 0.6 is 27.5 Å². The van der Waals surface area contributed by atoms with Crippen LogP contribution in [0.2, 0.25) is 5.02 Å². The van der Waals surface area contributed by atoms with Gasteiger partial charge in [0.1, 0.15) is 0 Å². The summed E-state index contributed by atoms with van der Waals surface area (Å²) in [6.07, 6.45) is 3.45. The molecule has 0 fully saturated rings. The van der Waals surface area contributed by atoms with E-state index in [9.17, 15) is 9.90 Å². The number of benzene rings is 1. The molecular weight excluding hydrogens is 358 g/mol. The van der Waals surface area contributed by atoms with Crippen LogP contribution in [0.5, 0.6) is 0 Å². The van der Waals surface area contributed by atoms with Gasteiger partial charge in [-0.2, -0.15) is 5.10 Å². The summed E-state index contributed by atoms with van der Waals surface area (Å²) in [5, 5.41) is 16.8. The second-order valence-electron chi connectivity index (χ2n) is 4.53. The highest BCUT2D eigenvalue weighted by atomic mass is 79.9. The smallest absolute Gasteiger partial charge is 0.222 e. The molecule has 0 radical (unpaired) electrons. The minimum absolute atomic E-state index is 0.152. The molecule has 1 aromatic carbocycles. The molecule has 1 heterocycles. The molecule has 2 aromatic rings. The van der Waals surface area contributed by atoms with Crippen molar-refractivity contribution in [3.05, 3.63) is 51.7 Å². The Balaban J connectivity index is 1.90. The van der Waals surface area contributed by atoms with Crippen molar-refractivity contribution in [2.75, 3.05) is 6.61 Å². The lowest BCUT2D eigenvalue weighted by Gasteiger charge is -2.17. The van der Waals surface area contributed by atoms with Gasteiger partial charge in [-0.25, -0.2) is 0 Å². The zero-order valence-electron chi connectivity index (χ0n) is 11.2. The topological polar surface area (TPSA) is 67.2 Å². The number of aryl methyl sites for hydroxylation is 1. The number of halogens is 2. The second-order valence-corrected chi connectivity index (χ2v) is 5.88. The monoisotopic (exact) mass is 371 g/mol. The number of carbonyl (C=O) groups excluding carboxylic acids is 1. The third kappa shape index (κ3) is 4.84. The van der Waals surface area contributed by atoms with Crippen molar-refractivity contribution in [2.45, 2.75) is 19.0 Å². The van der Waals surface area contributed by atoms with Crippen LogP contribution in [-0.2, 0) is 11.3 Å². The molecule has 0 aliphatic heterocycles. The van der Waals surface area contributed by atoms with Crippen LogP contribution in [0.3, 0.4) is 0 Å². The minimum atomic E-state index is -0.420. The molecule has 0 spiro atoms. The summed E-state index contributed by atoms with van der Waals surface area (Å²) in [4.78, 5) is 11.9. The zero-order chi connectivity index (χ0) is 15.2. The molecule has 21 heavy (non-hydrogen) atoms. The van der Waals surface area contributed by atoms with Crippen LogP contribution in [0.1, 0.15) is 18.0 Å². The Hall–Kier alpha value is -1.37. The van der Waals surface area contributed by atoms with E-state index in [1.807, 2.05) is 24.3 Å². The molecule has 2 N–H and O–H groups in total. The predicted molar refractivity (Wildman–Crippen MR) is 84.0 cm³/mol. The molecule has 1 atom stereocenters. The van der Waals surface area contributed by atoms with Crippen molar-refractivity contribution in [1.82, 2.24) is 15.1 Å². The number of nitrogens with zero attached hydrogens (tertiary/aromatic N) is 2. The maximum absolute atomic E-state index is 11.9. The highest BCUT2D eigenvalue weighted by Crippen LogP contribution is 2.18. The van der Waals surface area contributed by atoms with Gasteiger partial charge in [-0.3, -0.25) is 9.48 Å². The van der Waals surface area contributed by atoms with Crippen molar-refractivity contribution in [3.8, 4) is 0 Å². The van der Waals surface area contributed by atoms with E-state index in [0.717, 1.165) is 10.0 Å². The maximum atomic E-state index is 11.9. The van der Waals surface area contributed by atoms with Crippen molar-refractivity contribution in [1.29, 1.82) is 0 Å². The van der Waals surface area contributed by atoms with E-state index in [-0.39, 0.29) is 18.9 Å². The summed E-state index contributed by atoms with van der Waals surface area (Å²) in [5.41, 5.74) is 0.849. The maximum Gasteiger partial charge on any atom is 0.222 e. The molecule has 0 aliphatic rings. The Bertz CT molecular complexity index is 618. The first-order valence-corrected chi connectivity index (χ1v) is 7.59. The Morgan fingerprint density at radius 1 is 1.52 bits per heavy atom. The lowest BCUT2D eigenvalue weighted by molar-refractivity contribution is -0.122. The first-order chi connectivity index (χ1) is 10.1. The number of amides is 1. The number of aromatic nitrogens is 2. The van der Waals surface area contributed by atoms with Gasteiger partial charge in [0, 0.05) is 23.6 Å². The van der Waals surface area contributed by atoms with Gasteiger partial charge in [0.15, 0.2) is 0 Å². The Kier molecular flexibility index (Phi) is 5.78. The van der Waals surface area contributed by atoms with Gasteiger partial charge in [0.25, 0.3) is 0 Å². The fourth-order valence-electron chi connectivity index (χ4n) is 1.90. The van der Waals surface area contributed by atoms with E-state index in [1.165, 1.54) is 6.20 Å². The molecule has 1 aromatic heterocycles. The molecule has 112 valence electrons. The van der Waals surface area contributed by atoms with Gasteiger partial charge in [0.05, 0.1) is 23.9 Å². The minimum Gasteiger partial charge on any atom is -0.394 e. The van der Waals surface area contributed by atoms with Gasteiger partial charge in [-0.15, -0.1) is 0 Å². The fourth-order valence-corrected chi connectivity index (χ4v) is 2.47. The van der Waals surface area contributed by atoms with E-state index in [4.69, 9.17) is 11.6 Å². The van der Waals surface area contributed by atoms with Crippen LogP contribution in [-0.4, -0.2) is 27.4 Å². The third-order valence-corrected chi connectivity index (χ3v) is 3.63. The number of hydrogen-bond donors (Lipinski definition) is 2. The number of aliphatic hydroxyl groups excluding tert-OH is 1. The third-order valence-electron chi connectivity index (χ3n) is 2.94. The first kappa shape index (κ1) is 16.0. The Labute approximate surface area is 136 Å². The molecule has 1 unspecified atom stereocenters. The van der Waals surface area contributed by atoms with Gasteiger partial charge in [-0.1, -0.05) is 39.7 Å². The van der Waals surface area contributed by atoms with Crippen molar-refractivity contribution >= 4 is 33.4 Å². The molecular formula is C14H15BrClN3O2. The standard InChI is InChI=1S/C14H15BrClN3O2/c15-11-3-1-2-10(6-11)13(9-20)18-14(21)4-5-19-8-12(16)7-17-19/h1-3,6-8,13,20H,4-5,9H2,(H,18,21). The van der Waals surface area contributed by atoms with E-state index < -0.39 is 6.04 Å². The number of aliphatic hydroxyl groups is 1. The quantitative estimate of drug-likeness (QED) is 0.819. The van der Waals surface area contributed by atoms with E-state index in [2.05, 4.69) is 26.3 Å². The molecule has 2 rings (SSSR count). The van der Waals surface area contributed by atoms with Crippen LogP contribution in [0.4, 0.5) is 0 Å². The van der Waals surface area contributed by atoms with Crippen LogP contribution in [0.15, 0.2) is 41.1 Å². The summed E-state index contributed by atoms with van der Waals surface area (Å²) in [6, 6.07) is 7.06.